The van der Waals surface area contributed by atoms with Crippen molar-refractivity contribution >= 4 is 60.5 Å². The lowest BCUT2D eigenvalue weighted by Gasteiger charge is -2.30. The SMILES string of the molecule is CC1(C)c2ccccc2-c2cc(N(c3ccccc3-c3ccc4ccccc4c3)c3cc4c5ccccc5oc4c4ccccc34)ccc21. The van der Waals surface area contributed by atoms with Gasteiger partial charge in [-0.3, -0.25) is 0 Å². The van der Waals surface area contributed by atoms with Crippen molar-refractivity contribution in [3.63, 3.8) is 0 Å². The summed E-state index contributed by atoms with van der Waals surface area (Å²) in [5.41, 5.74) is 12.8. The molecule has 0 fully saturated rings. The zero-order valence-electron chi connectivity index (χ0n) is 27.4. The van der Waals surface area contributed by atoms with E-state index in [1.54, 1.807) is 0 Å². The highest BCUT2D eigenvalue weighted by molar-refractivity contribution is 6.20. The Morgan fingerprint density at radius 3 is 2.00 bits per heavy atom. The smallest absolute Gasteiger partial charge is 0.143 e. The van der Waals surface area contributed by atoms with Crippen molar-refractivity contribution in [1.29, 1.82) is 0 Å². The second-order valence-electron chi connectivity index (χ2n) is 13.7. The van der Waals surface area contributed by atoms with E-state index in [1.807, 2.05) is 6.07 Å². The number of fused-ring (bicyclic) bond motifs is 9. The minimum Gasteiger partial charge on any atom is -0.455 e. The Labute approximate surface area is 285 Å². The Balaban J connectivity index is 1.30. The largest absolute Gasteiger partial charge is 0.455 e. The minimum atomic E-state index is -0.0698. The second kappa shape index (κ2) is 10.4. The highest BCUT2D eigenvalue weighted by Crippen LogP contribution is 2.52. The molecule has 0 saturated heterocycles. The Kier molecular flexibility index (Phi) is 5.95. The van der Waals surface area contributed by atoms with Gasteiger partial charge in [-0.2, -0.15) is 0 Å². The molecule has 1 heterocycles. The van der Waals surface area contributed by atoms with Crippen molar-refractivity contribution in [1.82, 2.24) is 0 Å². The van der Waals surface area contributed by atoms with E-state index >= 15 is 0 Å². The van der Waals surface area contributed by atoms with E-state index in [2.05, 4.69) is 176 Å². The fraction of sp³-hybridized carbons (Fsp3) is 0.0638. The fourth-order valence-electron chi connectivity index (χ4n) is 8.24. The van der Waals surface area contributed by atoms with Gasteiger partial charge in [-0.15, -0.1) is 0 Å². The molecule has 10 rings (SSSR count). The van der Waals surface area contributed by atoms with Gasteiger partial charge in [0.25, 0.3) is 0 Å². The molecule has 8 aromatic carbocycles. The van der Waals surface area contributed by atoms with E-state index in [-0.39, 0.29) is 5.41 Å². The molecular formula is C47H33NO. The molecule has 1 aliphatic carbocycles. The normalized spacial score (nSPS) is 13.3. The maximum Gasteiger partial charge on any atom is 0.143 e. The van der Waals surface area contributed by atoms with Crippen LogP contribution in [0.15, 0.2) is 168 Å². The third-order valence-corrected chi connectivity index (χ3v) is 10.6. The molecule has 0 unspecified atom stereocenters. The summed E-state index contributed by atoms with van der Waals surface area (Å²) >= 11 is 0. The minimum absolute atomic E-state index is 0.0698. The van der Waals surface area contributed by atoms with Crippen molar-refractivity contribution < 1.29 is 4.42 Å². The molecule has 1 aliphatic rings. The van der Waals surface area contributed by atoms with E-state index in [0.29, 0.717) is 0 Å². The number of hydrogen-bond acceptors (Lipinski definition) is 2. The molecule has 0 aliphatic heterocycles. The Bertz CT molecular complexity index is 2770. The number of para-hydroxylation sites is 2. The van der Waals surface area contributed by atoms with Crippen LogP contribution in [0.1, 0.15) is 25.0 Å². The van der Waals surface area contributed by atoms with Crippen LogP contribution in [0.5, 0.6) is 0 Å². The van der Waals surface area contributed by atoms with Gasteiger partial charge in [-0.05, 0) is 75.0 Å². The number of nitrogens with zero attached hydrogens (tertiary/aromatic N) is 1. The Morgan fingerprint density at radius 1 is 0.449 bits per heavy atom. The van der Waals surface area contributed by atoms with Crippen molar-refractivity contribution in [3.05, 3.63) is 175 Å². The number of hydrogen-bond donors (Lipinski definition) is 0. The summed E-state index contributed by atoms with van der Waals surface area (Å²) in [5, 5.41) is 6.95. The summed E-state index contributed by atoms with van der Waals surface area (Å²) in [6.45, 7) is 4.69. The first kappa shape index (κ1) is 27.9. The van der Waals surface area contributed by atoms with E-state index in [0.717, 1.165) is 49.8 Å². The van der Waals surface area contributed by atoms with Crippen LogP contribution in [-0.4, -0.2) is 0 Å². The first-order chi connectivity index (χ1) is 24.1. The zero-order chi connectivity index (χ0) is 32.7. The van der Waals surface area contributed by atoms with Crippen molar-refractivity contribution in [2.45, 2.75) is 19.3 Å². The molecular weight excluding hydrogens is 595 g/mol. The fourth-order valence-corrected chi connectivity index (χ4v) is 8.24. The molecule has 232 valence electrons. The Hall–Kier alpha value is -6.12. The van der Waals surface area contributed by atoms with Gasteiger partial charge in [0.2, 0.25) is 0 Å². The van der Waals surface area contributed by atoms with Crippen molar-refractivity contribution in [3.8, 4) is 22.3 Å². The predicted molar refractivity (Wildman–Crippen MR) is 206 cm³/mol. The first-order valence-corrected chi connectivity index (χ1v) is 17.0. The lowest BCUT2D eigenvalue weighted by molar-refractivity contribution is 0.660. The second-order valence-corrected chi connectivity index (χ2v) is 13.7. The molecule has 0 saturated carbocycles. The van der Waals surface area contributed by atoms with Crippen LogP contribution in [-0.2, 0) is 5.41 Å². The molecule has 0 radical (unpaired) electrons. The third-order valence-electron chi connectivity index (χ3n) is 10.6. The molecule has 0 spiro atoms. The van der Waals surface area contributed by atoms with Gasteiger partial charge in [0, 0.05) is 38.2 Å². The van der Waals surface area contributed by atoms with Gasteiger partial charge in [0.15, 0.2) is 0 Å². The maximum absolute atomic E-state index is 6.55. The molecule has 0 atom stereocenters. The van der Waals surface area contributed by atoms with Crippen molar-refractivity contribution in [2.75, 3.05) is 4.90 Å². The van der Waals surface area contributed by atoms with Crippen LogP contribution >= 0.6 is 0 Å². The van der Waals surface area contributed by atoms with Crippen LogP contribution in [0.4, 0.5) is 17.1 Å². The molecule has 0 amide bonds. The van der Waals surface area contributed by atoms with Gasteiger partial charge in [-0.1, -0.05) is 141 Å². The van der Waals surface area contributed by atoms with Crippen LogP contribution < -0.4 is 4.90 Å². The Morgan fingerprint density at radius 2 is 1.12 bits per heavy atom. The molecule has 2 nitrogen and oxygen atoms in total. The first-order valence-electron chi connectivity index (χ1n) is 17.0. The highest BCUT2D eigenvalue weighted by Gasteiger charge is 2.36. The molecule has 1 aromatic heterocycles. The average Bonchev–Trinajstić information content (AvgIpc) is 3.64. The van der Waals surface area contributed by atoms with Crippen LogP contribution in [0.25, 0.3) is 65.7 Å². The summed E-state index contributed by atoms with van der Waals surface area (Å²) < 4.78 is 6.55. The predicted octanol–water partition coefficient (Wildman–Crippen LogP) is 13.3. The third kappa shape index (κ3) is 4.14. The highest BCUT2D eigenvalue weighted by atomic mass is 16.3. The molecule has 9 aromatic rings. The summed E-state index contributed by atoms with van der Waals surface area (Å²) in [6, 6.07) is 59.6. The van der Waals surface area contributed by atoms with Gasteiger partial charge in [-0.25, -0.2) is 0 Å². The molecule has 49 heavy (non-hydrogen) atoms. The monoisotopic (exact) mass is 627 g/mol. The quantitative estimate of drug-likeness (QED) is 0.193. The lowest BCUT2D eigenvalue weighted by atomic mass is 9.82. The van der Waals surface area contributed by atoms with E-state index in [1.165, 1.54) is 44.2 Å². The molecule has 2 heteroatoms. The standard InChI is InChI=1S/C47H33NO/c1-47(2)41-20-10-7-16-35(41)39-28-33(25-26-42(39)47)48(43-21-11-8-15-34(43)32-24-23-30-13-3-4-14-31(30)27-32)44-29-40-37-18-9-12-22-45(37)49-46(40)38-19-6-5-17-36(38)44/h3-29H,1-2H3. The topological polar surface area (TPSA) is 16.4 Å². The number of furan rings is 1. The van der Waals surface area contributed by atoms with Gasteiger partial charge < -0.3 is 9.32 Å². The molecule has 0 bridgehead atoms. The van der Waals surface area contributed by atoms with Gasteiger partial charge in [0.05, 0.1) is 11.4 Å². The maximum atomic E-state index is 6.55. The number of rotatable bonds is 4. The van der Waals surface area contributed by atoms with E-state index in [9.17, 15) is 0 Å². The average molecular weight is 628 g/mol. The summed E-state index contributed by atoms with van der Waals surface area (Å²) in [6.07, 6.45) is 0. The number of anilines is 3. The van der Waals surface area contributed by atoms with E-state index in [4.69, 9.17) is 4.42 Å². The summed E-state index contributed by atoms with van der Waals surface area (Å²) in [5.74, 6) is 0. The van der Waals surface area contributed by atoms with Crippen LogP contribution in [0, 0.1) is 0 Å². The number of benzene rings is 8. The lowest BCUT2D eigenvalue weighted by Crippen LogP contribution is -2.15. The summed E-state index contributed by atoms with van der Waals surface area (Å²) in [7, 11) is 0. The zero-order valence-corrected chi connectivity index (χ0v) is 27.4. The van der Waals surface area contributed by atoms with Gasteiger partial charge in [0.1, 0.15) is 11.2 Å². The summed E-state index contributed by atoms with van der Waals surface area (Å²) in [4.78, 5) is 2.47. The van der Waals surface area contributed by atoms with Crippen LogP contribution in [0.2, 0.25) is 0 Å². The van der Waals surface area contributed by atoms with E-state index < -0.39 is 0 Å². The van der Waals surface area contributed by atoms with Crippen molar-refractivity contribution in [2.24, 2.45) is 0 Å². The van der Waals surface area contributed by atoms with Gasteiger partial charge >= 0.3 is 0 Å². The molecule has 0 N–H and O–H groups in total. The van der Waals surface area contributed by atoms with Crippen LogP contribution in [0.3, 0.4) is 0 Å².